The molecule has 2 saturated heterocycles. The zero-order chi connectivity index (χ0) is 14.2. The standard InChI is InChI=1S/C17H35N3/c1-3-4-10-18-15-16(2)19-13-8-17(9-14-19)20-11-6-5-7-12-20/h16-18H,3-15H2,1-2H3. The van der Waals surface area contributed by atoms with Gasteiger partial charge in [-0.2, -0.15) is 0 Å². The third-order valence-corrected chi connectivity index (χ3v) is 5.18. The van der Waals surface area contributed by atoms with Crippen LogP contribution in [0.25, 0.3) is 0 Å². The molecule has 0 aromatic carbocycles. The number of nitrogens with one attached hydrogen (secondary N) is 1. The molecule has 2 heterocycles. The Hall–Kier alpha value is -0.120. The van der Waals surface area contributed by atoms with Gasteiger partial charge in [0, 0.05) is 18.6 Å². The summed E-state index contributed by atoms with van der Waals surface area (Å²) in [4.78, 5) is 5.46. The van der Waals surface area contributed by atoms with E-state index in [1.54, 1.807) is 0 Å². The number of likely N-dealkylation sites (tertiary alicyclic amines) is 2. The first kappa shape index (κ1) is 16.3. The highest BCUT2D eigenvalue weighted by atomic mass is 15.2. The lowest BCUT2D eigenvalue weighted by molar-refractivity contribution is 0.0758. The fraction of sp³-hybridized carbons (Fsp3) is 1.00. The highest BCUT2D eigenvalue weighted by molar-refractivity contribution is 4.83. The van der Waals surface area contributed by atoms with Crippen LogP contribution in [0.15, 0.2) is 0 Å². The molecule has 0 aromatic rings. The molecule has 1 N–H and O–H groups in total. The molecule has 118 valence electrons. The molecule has 20 heavy (non-hydrogen) atoms. The number of nitrogens with zero attached hydrogens (tertiary/aromatic N) is 2. The van der Waals surface area contributed by atoms with E-state index < -0.39 is 0 Å². The Balaban J connectivity index is 1.62. The molecule has 0 amide bonds. The van der Waals surface area contributed by atoms with Crippen LogP contribution in [-0.2, 0) is 0 Å². The molecule has 2 aliphatic heterocycles. The maximum atomic E-state index is 3.61. The van der Waals surface area contributed by atoms with Crippen LogP contribution >= 0.6 is 0 Å². The Kier molecular flexibility index (Phi) is 7.32. The summed E-state index contributed by atoms with van der Waals surface area (Å²) in [6.45, 7) is 12.3. The second-order valence-corrected chi connectivity index (χ2v) is 6.77. The van der Waals surface area contributed by atoms with Crippen LogP contribution in [0.1, 0.15) is 58.8 Å². The van der Waals surface area contributed by atoms with Crippen molar-refractivity contribution in [1.29, 1.82) is 0 Å². The fourth-order valence-corrected chi connectivity index (χ4v) is 3.72. The lowest BCUT2D eigenvalue weighted by Gasteiger charge is -2.42. The van der Waals surface area contributed by atoms with Crippen LogP contribution in [0, 0.1) is 0 Å². The maximum Gasteiger partial charge on any atom is 0.0192 e. The van der Waals surface area contributed by atoms with Crippen LogP contribution in [0.2, 0.25) is 0 Å². The molecule has 0 spiro atoms. The molecule has 0 aromatic heterocycles. The minimum absolute atomic E-state index is 0.703. The topological polar surface area (TPSA) is 18.5 Å². The smallest absolute Gasteiger partial charge is 0.0192 e. The summed E-state index contributed by atoms with van der Waals surface area (Å²) in [5.41, 5.74) is 0. The largest absolute Gasteiger partial charge is 0.315 e. The molecule has 2 aliphatic rings. The zero-order valence-corrected chi connectivity index (χ0v) is 13.7. The van der Waals surface area contributed by atoms with Gasteiger partial charge in [0.1, 0.15) is 0 Å². The van der Waals surface area contributed by atoms with Crippen LogP contribution in [0.3, 0.4) is 0 Å². The monoisotopic (exact) mass is 281 g/mol. The van der Waals surface area contributed by atoms with Gasteiger partial charge < -0.3 is 10.2 Å². The number of rotatable bonds is 7. The molecule has 0 radical (unpaired) electrons. The van der Waals surface area contributed by atoms with E-state index in [4.69, 9.17) is 0 Å². The summed E-state index contributed by atoms with van der Waals surface area (Å²) in [5.74, 6) is 0. The number of unbranched alkanes of at least 4 members (excludes halogenated alkanes) is 1. The van der Waals surface area contributed by atoms with Crippen molar-refractivity contribution >= 4 is 0 Å². The molecule has 1 atom stereocenters. The summed E-state index contributed by atoms with van der Waals surface area (Å²) in [6.07, 6.45) is 9.69. The predicted octanol–water partition coefficient (Wildman–Crippen LogP) is 2.71. The zero-order valence-electron chi connectivity index (χ0n) is 13.7. The molecular weight excluding hydrogens is 246 g/mol. The second-order valence-electron chi connectivity index (χ2n) is 6.77. The maximum absolute atomic E-state index is 3.61. The van der Waals surface area contributed by atoms with E-state index in [-0.39, 0.29) is 0 Å². The number of hydrogen-bond acceptors (Lipinski definition) is 3. The first-order chi connectivity index (χ1) is 9.81. The molecule has 3 nitrogen and oxygen atoms in total. The van der Waals surface area contributed by atoms with Crippen molar-refractivity contribution in [3.63, 3.8) is 0 Å². The fourth-order valence-electron chi connectivity index (χ4n) is 3.72. The van der Waals surface area contributed by atoms with Crippen molar-refractivity contribution in [2.24, 2.45) is 0 Å². The second kappa shape index (κ2) is 9.01. The normalized spacial score (nSPS) is 24.9. The van der Waals surface area contributed by atoms with Crippen molar-refractivity contribution in [3.05, 3.63) is 0 Å². The summed E-state index contributed by atoms with van der Waals surface area (Å²) < 4.78 is 0. The van der Waals surface area contributed by atoms with E-state index in [2.05, 4.69) is 29.0 Å². The van der Waals surface area contributed by atoms with Crippen molar-refractivity contribution < 1.29 is 0 Å². The van der Waals surface area contributed by atoms with Crippen LogP contribution in [0.5, 0.6) is 0 Å². The van der Waals surface area contributed by atoms with Crippen LogP contribution < -0.4 is 5.32 Å². The SMILES string of the molecule is CCCCNCC(C)N1CCC(N2CCCCC2)CC1. The van der Waals surface area contributed by atoms with Gasteiger partial charge in [0.05, 0.1) is 0 Å². The molecule has 3 heteroatoms. The van der Waals surface area contributed by atoms with E-state index in [0.29, 0.717) is 6.04 Å². The highest BCUT2D eigenvalue weighted by Crippen LogP contribution is 2.21. The summed E-state index contributed by atoms with van der Waals surface area (Å²) >= 11 is 0. The van der Waals surface area contributed by atoms with Crippen molar-refractivity contribution in [2.45, 2.75) is 70.9 Å². The Labute approximate surface area is 126 Å². The van der Waals surface area contributed by atoms with E-state index >= 15 is 0 Å². The van der Waals surface area contributed by atoms with Gasteiger partial charge in [-0.1, -0.05) is 19.8 Å². The Bertz CT molecular complexity index is 243. The molecule has 0 aliphatic carbocycles. The Morgan fingerprint density at radius 2 is 1.75 bits per heavy atom. The van der Waals surface area contributed by atoms with Gasteiger partial charge in [-0.05, 0) is 71.8 Å². The van der Waals surface area contributed by atoms with Gasteiger partial charge in [0.25, 0.3) is 0 Å². The number of hydrogen-bond donors (Lipinski definition) is 1. The van der Waals surface area contributed by atoms with Crippen LogP contribution in [-0.4, -0.2) is 61.2 Å². The van der Waals surface area contributed by atoms with E-state index in [1.807, 2.05) is 0 Å². The third-order valence-electron chi connectivity index (χ3n) is 5.18. The quantitative estimate of drug-likeness (QED) is 0.724. The van der Waals surface area contributed by atoms with Gasteiger partial charge in [0.2, 0.25) is 0 Å². The molecular formula is C17H35N3. The van der Waals surface area contributed by atoms with Crippen molar-refractivity contribution in [3.8, 4) is 0 Å². The average molecular weight is 281 g/mol. The van der Waals surface area contributed by atoms with Gasteiger partial charge in [-0.3, -0.25) is 4.90 Å². The van der Waals surface area contributed by atoms with Gasteiger partial charge in [0.15, 0.2) is 0 Å². The minimum Gasteiger partial charge on any atom is -0.315 e. The van der Waals surface area contributed by atoms with E-state index in [1.165, 1.54) is 77.7 Å². The van der Waals surface area contributed by atoms with E-state index in [0.717, 1.165) is 12.6 Å². The van der Waals surface area contributed by atoms with E-state index in [9.17, 15) is 0 Å². The van der Waals surface area contributed by atoms with Gasteiger partial charge in [-0.25, -0.2) is 0 Å². The molecule has 0 saturated carbocycles. The van der Waals surface area contributed by atoms with Gasteiger partial charge >= 0.3 is 0 Å². The third kappa shape index (κ3) is 5.01. The molecule has 2 rings (SSSR count). The molecule has 1 unspecified atom stereocenters. The summed E-state index contributed by atoms with van der Waals surface area (Å²) in [6, 6.07) is 1.58. The predicted molar refractivity (Wildman–Crippen MR) is 87.3 cm³/mol. The van der Waals surface area contributed by atoms with Crippen LogP contribution in [0.4, 0.5) is 0 Å². The average Bonchev–Trinajstić information content (AvgIpc) is 2.52. The lowest BCUT2D eigenvalue weighted by atomic mass is 9.99. The van der Waals surface area contributed by atoms with Crippen molar-refractivity contribution in [1.82, 2.24) is 15.1 Å². The molecule has 2 fully saturated rings. The Morgan fingerprint density at radius 3 is 2.40 bits per heavy atom. The first-order valence-electron chi connectivity index (χ1n) is 9.00. The summed E-state index contributed by atoms with van der Waals surface area (Å²) in [7, 11) is 0. The Morgan fingerprint density at radius 1 is 1.05 bits per heavy atom. The lowest BCUT2D eigenvalue weighted by Crippen LogP contribution is -2.50. The summed E-state index contributed by atoms with van der Waals surface area (Å²) in [5, 5.41) is 3.61. The number of piperidine rings is 2. The first-order valence-corrected chi connectivity index (χ1v) is 9.00. The van der Waals surface area contributed by atoms with Crippen molar-refractivity contribution in [2.75, 3.05) is 39.3 Å². The highest BCUT2D eigenvalue weighted by Gasteiger charge is 2.27. The minimum atomic E-state index is 0.703. The molecule has 0 bridgehead atoms. The van der Waals surface area contributed by atoms with Gasteiger partial charge in [-0.15, -0.1) is 0 Å².